The summed E-state index contributed by atoms with van der Waals surface area (Å²) >= 11 is 0. The molecule has 0 unspecified atom stereocenters. The minimum atomic E-state index is -3.16. The normalized spacial score (nSPS) is 10.1. The highest BCUT2D eigenvalue weighted by Crippen LogP contribution is 2.17. The molecule has 0 aliphatic rings. The van der Waals surface area contributed by atoms with Crippen LogP contribution in [0.3, 0.4) is 0 Å². The van der Waals surface area contributed by atoms with E-state index in [1.807, 2.05) is 4.98 Å². The number of nitrogens with zero attached hydrogens (tertiary/aromatic N) is 1. The van der Waals surface area contributed by atoms with E-state index in [1.54, 1.807) is 0 Å². The molecular formula is C7H3F3N2O. The first kappa shape index (κ1) is 9.32. The molecule has 68 valence electrons. The Morgan fingerprint density at radius 2 is 2.15 bits per heavy atom. The highest BCUT2D eigenvalue weighted by Gasteiger charge is 2.19. The zero-order valence-electron chi connectivity index (χ0n) is 6.14. The summed E-state index contributed by atoms with van der Waals surface area (Å²) in [6, 6.07) is 1.34. The summed E-state index contributed by atoms with van der Waals surface area (Å²) in [5.74, 6) is -1.32. The Balaban J connectivity index is 3.53. The number of aromatic amines is 1. The molecule has 0 aromatic carbocycles. The second kappa shape index (κ2) is 3.31. The number of rotatable bonds is 1. The largest absolute Gasteiger partial charge is 0.350 e. The number of hydrogen-bond donors (Lipinski definition) is 1. The van der Waals surface area contributed by atoms with Crippen molar-refractivity contribution in [3.8, 4) is 6.07 Å². The van der Waals surface area contributed by atoms with Crippen LogP contribution in [0.15, 0.2) is 11.0 Å². The average molecular weight is 188 g/mol. The molecule has 6 heteroatoms. The van der Waals surface area contributed by atoms with E-state index in [2.05, 4.69) is 0 Å². The van der Waals surface area contributed by atoms with Crippen LogP contribution in [0.1, 0.15) is 17.7 Å². The Morgan fingerprint density at radius 1 is 1.54 bits per heavy atom. The Kier molecular flexibility index (Phi) is 2.37. The van der Waals surface area contributed by atoms with Gasteiger partial charge in [-0.15, -0.1) is 0 Å². The van der Waals surface area contributed by atoms with E-state index >= 15 is 0 Å². The van der Waals surface area contributed by atoms with Gasteiger partial charge in [0.15, 0.2) is 5.82 Å². The molecule has 0 saturated heterocycles. The van der Waals surface area contributed by atoms with Gasteiger partial charge in [0.25, 0.3) is 6.43 Å². The van der Waals surface area contributed by atoms with Crippen molar-refractivity contribution in [3.05, 3.63) is 33.5 Å². The van der Waals surface area contributed by atoms with Crippen molar-refractivity contribution < 1.29 is 13.2 Å². The van der Waals surface area contributed by atoms with Gasteiger partial charge in [-0.05, 0) is 0 Å². The lowest BCUT2D eigenvalue weighted by Gasteiger charge is -2.00. The van der Waals surface area contributed by atoms with Gasteiger partial charge in [-0.3, -0.25) is 4.79 Å². The van der Waals surface area contributed by atoms with Crippen molar-refractivity contribution in [2.45, 2.75) is 6.43 Å². The van der Waals surface area contributed by atoms with E-state index in [-0.39, 0.29) is 0 Å². The molecule has 3 nitrogen and oxygen atoms in total. The summed E-state index contributed by atoms with van der Waals surface area (Å²) in [6.07, 6.45) is -2.58. The topological polar surface area (TPSA) is 56.6 Å². The molecule has 0 fully saturated rings. The van der Waals surface area contributed by atoms with Crippen LogP contribution in [0.5, 0.6) is 0 Å². The van der Waals surface area contributed by atoms with Gasteiger partial charge in [0.05, 0.1) is 0 Å². The first-order chi connectivity index (χ1) is 6.07. The molecule has 1 aromatic rings. The van der Waals surface area contributed by atoms with E-state index in [4.69, 9.17) is 5.26 Å². The average Bonchev–Trinajstić information content (AvgIpc) is 2.08. The van der Waals surface area contributed by atoms with Gasteiger partial charge in [0, 0.05) is 6.20 Å². The standard InChI is InChI=1S/C7H3F3N2O/c8-3-2-12-4(1-11)5(6(3)13)7(9)10/h2,7H,(H,12,13). The Bertz CT molecular complexity index is 419. The highest BCUT2D eigenvalue weighted by molar-refractivity contribution is 5.31. The fourth-order valence-electron chi connectivity index (χ4n) is 0.822. The monoisotopic (exact) mass is 188 g/mol. The van der Waals surface area contributed by atoms with Gasteiger partial charge in [-0.1, -0.05) is 0 Å². The molecule has 1 N–H and O–H groups in total. The summed E-state index contributed by atoms with van der Waals surface area (Å²) in [5.41, 5.74) is -3.17. The molecule has 0 spiro atoms. The Hall–Kier alpha value is -1.77. The molecule has 1 heterocycles. The maximum Gasteiger partial charge on any atom is 0.270 e. The predicted molar refractivity (Wildman–Crippen MR) is 36.7 cm³/mol. The van der Waals surface area contributed by atoms with E-state index in [0.717, 1.165) is 0 Å². The summed E-state index contributed by atoms with van der Waals surface area (Å²) in [7, 11) is 0. The molecule has 0 atom stereocenters. The molecular weight excluding hydrogens is 185 g/mol. The van der Waals surface area contributed by atoms with E-state index in [1.165, 1.54) is 6.07 Å². The first-order valence-electron chi connectivity index (χ1n) is 3.17. The van der Waals surface area contributed by atoms with Crippen LogP contribution >= 0.6 is 0 Å². The van der Waals surface area contributed by atoms with Gasteiger partial charge in [0.2, 0.25) is 5.43 Å². The van der Waals surface area contributed by atoms with Crippen molar-refractivity contribution in [2.75, 3.05) is 0 Å². The lowest BCUT2D eigenvalue weighted by Crippen LogP contribution is -2.16. The summed E-state index contributed by atoms with van der Waals surface area (Å²) in [4.78, 5) is 12.7. The van der Waals surface area contributed by atoms with Gasteiger partial charge in [-0.2, -0.15) is 5.26 Å². The van der Waals surface area contributed by atoms with Gasteiger partial charge in [0.1, 0.15) is 17.3 Å². The van der Waals surface area contributed by atoms with Crippen molar-refractivity contribution in [2.24, 2.45) is 0 Å². The number of alkyl halides is 2. The number of pyridine rings is 1. The Labute approximate surface area is 70.4 Å². The quantitative estimate of drug-likeness (QED) is 0.722. The minimum Gasteiger partial charge on any atom is -0.350 e. The first-order valence-corrected chi connectivity index (χ1v) is 3.17. The Morgan fingerprint density at radius 3 is 2.62 bits per heavy atom. The van der Waals surface area contributed by atoms with Crippen molar-refractivity contribution >= 4 is 0 Å². The maximum atomic E-state index is 12.5. The van der Waals surface area contributed by atoms with Crippen molar-refractivity contribution in [1.29, 1.82) is 5.26 Å². The number of aromatic nitrogens is 1. The second-order valence-corrected chi connectivity index (χ2v) is 2.17. The lowest BCUT2D eigenvalue weighted by atomic mass is 10.2. The fraction of sp³-hybridized carbons (Fsp3) is 0.143. The van der Waals surface area contributed by atoms with Gasteiger partial charge < -0.3 is 4.98 Å². The number of halogens is 3. The summed E-state index contributed by atoms with van der Waals surface area (Å²) in [5, 5.41) is 8.31. The predicted octanol–water partition coefficient (Wildman–Crippen LogP) is 1.32. The molecule has 0 aliphatic carbocycles. The molecule has 13 heavy (non-hydrogen) atoms. The molecule has 0 radical (unpaired) electrons. The molecule has 1 aromatic heterocycles. The third kappa shape index (κ3) is 1.54. The zero-order valence-corrected chi connectivity index (χ0v) is 6.14. The smallest absolute Gasteiger partial charge is 0.270 e. The second-order valence-electron chi connectivity index (χ2n) is 2.17. The van der Waals surface area contributed by atoms with Crippen LogP contribution in [0.25, 0.3) is 0 Å². The van der Waals surface area contributed by atoms with Crippen LogP contribution in [0.2, 0.25) is 0 Å². The maximum absolute atomic E-state index is 12.5. The number of nitrogens with one attached hydrogen (secondary N) is 1. The van der Waals surface area contributed by atoms with E-state index in [0.29, 0.717) is 6.20 Å². The van der Waals surface area contributed by atoms with Gasteiger partial charge >= 0.3 is 0 Å². The van der Waals surface area contributed by atoms with Crippen LogP contribution in [-0.4, -0.2) is 4.98 Å². The number of hydrogen-bond acceptors (Lipinski definition) is 2. The summed E-state index contributed by atoms with van der Waals surface area (Å²) < 4.78 is 36.7. The fourth-order valence-corrected chi connectivity index (χ4v) is 0.822. The van der Waals surface area contributed by atoms with Crippen molar-refractivity contribution in [1.82, 2.24) is 4.98 Å². The SMILES string of the molecule is N#Cc1[nH]cc(F)c(=O)c1C(F)F. The van der Waals surface area contributed by atoms with Crippen molar-refractivity contribution in [3.63, 3.8) is 0 Å². The number of H-pyrrole nitrogens is 1. The third-order valence-corrected chi connectivity index (χ3v) is 1.40. The lowest BCUT2D eigenvalue weighted by molar-refractivity contribution is 0.148. The van der Waals surface area contributed by atoms with Crippen LogP contribution in [0.4, 0.5) is 13.2 Å². The molecule has 0 aliphatic heterocycles. The van der Waals surface area contributed by atoms with Crippen LogP contribution in [-0.2, 0) is 0 Å². The van der Waals surface area contributed by atoms with E-state index in [9.17, 15) is 18.0 Å². The zero-order chi connectivity index (χ0) is 10.0. The number of nitriles is 1. The van der Waals surface area contributed by atoms with Gasteiger partial charge in [-0.25, -0.2) is 13.2 Å². The minimum absolute atomic E-state index is 0.576. The van der Waals surface area contributed by atoms with Crippen LogP contribution in [0, 0.1) is 17.1 Å². The molecule has 0 saturated carbocycles. The summed E-state index contributed by atoms with van der Waals surface area (Å²) in [6.45, 7) is 0. The van der Waals surface area contributed by atoms with E-state index < -0.39 is 28.9 Å². The van der Waals surface area contributed by atoms with Crippen LogP contribution < -0.4 is 5.43 Å². The molecule has 0 amide bonds. The third-order valence-electron chi connectivity index (χ3n) is 1.40. The highest BCUT2D eigenvalue weighted by atomic mass is 19.3. The molecule has 0 bridgehead atoms. The molecule has 1 rings (SSSR count).